The summed E-state index contributed by atoms with van der Waals surface area (Å²) in [5.41, 5.74) is 0. The highest BCUT2D eigenvalue weighted by atomic mass is 16.2. The van der Waals surface area contributed by atoms with Crippen molar-refractivity contribution in [2.24, 2.45) is 0 Å². The van der Waals surface area contributed by atoms with Gasteiger partial charge < -0.3 is 10.2 Å². The molecular formula is C15H32N2O. The number of unbranched alkanes of at least 4 members (excludes halogenated alkanes) is 5. The zero-order valence-electron chi connectivity index (χ0n) is 13.0. The Kier molecular flexibility index (Phi) is 9.80. The van der Waals surface area contributed by atoms with E-state index in [2.05, 4.69) is 39.9 Å². The zero-order valence-corrected chi connectivity index (χ0v) is 13.0. The second-order valence-electron chi connectivity index (χ2n) is 5.59. The van der Waals surface area contributed by atoms with Crippen LogP contribution in [-0.2, 0) is 0 Å². The van der Waals surface area contributed by atoms with Crippen molar-refractivity contribution in [3.8, 4) is 0 Å². The van der Waals surface area contributed by atoms with Gasteiger partial charge in [-0.15, -0.1) is 0 Å². The van der Waals surface area contributed by atoms with E-state index >= 15 is 0 Å². The molecule has 0 aliphatic rings. The van der Waals surface area contributed by atoms with Gasteiger partial charge in [0.1, 0.15) is 0 Å². The van der Waals surface area contributed by atoms with Crippen molar-refractivity contribution in [1.82, 2.24) is 10.2 Å². The Bertz CT molecular complexity index is 207. The first-order valence-corrected chi connectivity index (χ1v) is 7.56. The van der Waals surface area contributed by atoms with Crippen molar-refractivity contribution in [2.45, 2.75) is 85.2 Å². The minimum atomic E-state index is 0.0774. The van der Waals surface area contributed by atoms with E-state index in [0.29, 0.717) is 0 Å². The Morgan fingerprint density at radius 1 is 0.944 bits per heavy atom. The molecule has 3 nitrogen and oxygen atoms in total. The lowest BCUT2D eigenvalue weighted by Gasteiger charge is -2.30. The molecule has 0 radical (unpaired) electrons. The fourth-order valence-electron chi connectivity index (χ4n) is 2.26. The maximum absolute atomic E-state index is 12.0. The van der Waals surface area contributed by atoms with Gasteiger partial charge in [0, 0.05) is 18.6 Å². The molecule has 0 fully saturated rings. The Hall–Kier alpha value is -0.730. The largest absolute Gasteiger partial charge is 0.338 e. The smallest absolute Gasteiger partial charge is 0.317 e. The summed E-state index contributed by atoms with van der Waals surface area (Å²) in [6.45, 7) is 11.3. The Balaban J connectivity index is 3.69. The molecule has 0 aromatic carbocycles. The number of carbonyl (C=O) groups excluding carboxylic acids is 1. The lowest BCUT2D eigenvalue weighted by molar-refractivity contribution is 0.165. The molecule has 0 aliphatic carbocycles. The number of carbonyl (C=O) groups is 1. The third kappa shape index (κ3) is 7.57. The fourth-order valence-corrected chi connectivity index (χ4v) is 2.26. The van der Waals surface area contributed by atoms with E-state index in [4.69, 9.17) is 0 Å². The van der Waals surface area contributed by atoms with Gasteiger partial charge in [-0.2, -0.15) is 0 Å². The van der Waals surface area contributed by atoms with Crippen LogP contribution in [0.25, 0.3) is 0 Å². The maximum Gasteiger partial charge on any atom is 0.317 e. The normalized spacial score (nSPS) is 11.1. The van der Waals surface area contributed by atoms with Gasteiger partial charge in [0.05, 0.1) is 0 Å². The minimum Gasteiger partial charge on any atom is -0.338 e. The van der Waals surface area contributed by atoms with Crippen LogP contribution in [0.5, 0.6) is 0 Å². The number of urea groups is 1. The highest BCUT2D eigenvalue weighted by Gasteiger charge is 2.18. The number of nitrogens with one attached hydrogen (secondary N) is 1. The van der Waals surface area contributed by atoms with Gasteiger partial charge in [-0.05, 0) is 34.1 Å². The summed E-state index contributed by atoms with van der Waals surface area (Å²) < 4.78 is 0. The second kappa shape index (κ2) is 10.2. The first kappa shape index (κ1) is 17.3. The number of hydrogen-bond acceptors (Lipinski definition) is 1. The molecule has 0 bridgehead atoms. The summed E-state index contributed by atoms with van der Waals surface area (Å²) in [7, 11) is 0. The van der Waals surface area contributed by atoms with Crippen molar-refractivity contribution < 1.29 is 4.79 Å². The third-order valence-corrected chi connectivity index (χ3v) is 3.15. The van der Waals surface area contributed by atoms with Crippen LogP contribution < -0.4 is 5.32 Å². The highest BCUT2D eigenvalue weighted by molar-refractivity contribution is 5.74. The van der Waals surface area contributed by atoms with Crippen LogP contribution in [0.4, 0.5) is 4.79 Å². The topological polar surface area (TPSA) is 32.3 Å². The molecule has 0 aromatic rings. The van der Waals surface area contributed by atoms with E-state index in [1.807, 2.05) is 4.90 Å². The van der Waals surface area contributed by atoms with E-state index in [0.717, 1.165) is 13.0 Å². The van der Waals surface area contributed by atoms with Gasteiger partial charge in [0.2, 0.25) is 0 Å². The summed E-state index contributed by atoms with van der Waals surface area (Å²) in [6.07, 6.45) is 7.56. The highest BCUT2D eigenvalue weighted by Crippen LogP contribution is 2.06. The van der Waals surface area contributed by atoms with Gasteiger partial charge in [-0.3, -0.25) is 0 Å². The van der Waals surface area contributed by atoms with E-state index in [1.54, 1.807) is 0 Å². The predicted molar refractivity (Wildman–Crippen MR) is 78.9 cm³/mol. The molecule has 0 unspecified atom stereocenters. The van der Waals surface area contributed by atoms with Crippen molar-refractivity contribution in [3.05, 3.63) is 0 Å². The molecule has 0 saturated carbocycles. The average Bonchev–Trinajstić information content (AvgIpc) is 2.26. The SMILES string of the molecule is CCCCCCCCNC(=O)N(C(C)C)C(C)C. The summed E-state index contributed by atoms with van der Waals surface area (Å²) >= 11 is 0. The average molecular weight is 256 g/mol. The molecule has 3 heteroatoms. The van der Waals surface area contributed by atoms with Crippen molar-refractivity contribution in [1.29, 1.82) is 0 Å². The third-order valence-electron chi connectivity index (χ3n) is 3.15. The quantitative estimate of drug-likeness (QED) is 0.617. The molecule has 0 aromatic heterocycles. The molecular weight excluding hydrogens is 224 g/mol. The van der Waals surface area contributed by atoms with Crippen LogP contribution >= 0.6 is 0 Å². The molecule has 0 saturated heterocycles. The van der Waals surface area contributed by atoms with E-state index < -0.39 is 0 Å². The first-order valence-electron chi connectivity index (χ1n) is 7.56. The van der Waals surface area contributed by atoms with Gasteiger partial charge in [-0.1, -0.05) is 39.0 Å². The number of rotatable bonds is 9. The standard InChI is InChI=1S/C15H32N2O/c1-6-7-8-9-10-11-12-16-15(18)17(13(2)3)14(4)5/h13-14H,6-12H2,1-5H3,(H,16,18). The fraction of sp³-hybridized carbons (Fsp3) is 0.933. The number of hydrogen-bond donors (Lipinski definition) is 1. The lowest BCUT2D eigenvalue weighted by atomic mass is 10.1. The van der Waals surface area contributed by atoms with Gasteiger partial charge in [0.25, 0.3) is 0 Å². The van der Waals surface area contributed by atoms with Crippen LogP contribution in [0.15, 0.2) is 0 Å². The second-order valence-corrected chi connectivity index (χ2v) is 5.59. The molecule has 1 N–H and O–H groups in total. The monoisotopic (exact) mass is 256 g/mol. The maximum atomic E-state index is 12.0. The molecule has 18 heavy (non-hydrogen) atoms. The Labute approximate surface area is 113 Å². The minimum absolute atomic E-state index is 0.0774. The summed E-state index contributed by atoms with van der Waals surface area (Å²) in [4.78, 5) is 13.9. The van der Waals surface area contributed by atoms with Gasteiger partial charge in [-0.25, -0.2) is 4.79 Å². The molecule has 0 aliphatic heterocycles. The number of nitrogens with zero attached hydrogens (tertiary/aromatic N) is 1. The molecule has 0 heterocycles. The van der Waals surface area contributed by atoms with E-state index in [1.165, 1.54) is 32.1 Å². The molecule has 0 spiro atoms. The van der Waals surface area contributed by atoms with Crippen molar-refractivity contribution >= 4 is 6.03 Å². The predicted octanol–water partition coefficient (Wildman–Crippen LogP) is 4.18. The molecule has 2 amide bonds. The van der Waals surface area contributed by atoms with Crippen LogP contribution in [0, 0.1) is 0 Å². The Morgan fingerprint density at radius 2 is 1.44 bits per heavy atom. The van der Waals surface area contributed by atoms with Crippen LogP contribution in [0.1, 0.15) is 73.1 Å². The van der Waals surface area contributed by atoms with Crippen LogP contribution in [0.2, 0.25) is 0 Å². The lowest BCUT2D eigenvalue weighted by Crippen LogP contribution is -2.47. The van der Waals surface area contributed by atoms with E-state index in [9.17, 15) is 4.79 Å². The van der Waals surface area contributed by atoms with Crippen molar-refractivity contribution in [3.63, 3.8) is 0 Å². The molecule has 0 atom stereocenters. The summed E-state index contributed by atoms with van der Waals surface area (Å²) in [5.74, 6) is 0. The first-order chi connectivity index (χ1) is 8.50. The molecule has 0 rings (SSSR count). The molecule has 108 valence electrons. The van der Waals surface area contributed by atoms with E-state index in [-0.39, 0.29) is 18.1 Å². The van der Waals surface area contributed by atoms with Gasteiger partial charge in [0.15, 0.2) is 0 Å². The number of amides is 2. The summed E-state index contributed by atoms with van der Waals surface area (Å²) in [6, 6.07) is 0.595. The zero-order chi connectivity index (χ0) is 14.0. The van der Waals surface area contributed by atoms with Gasteiger partial charge >= 0.3 is 6.03 Å². The van der Waals surface area contributed by atoms with Crippen LogP contribution in [0.3, 0.4) is 0 Å². The summed E-state index contributed by atoms with van der Waals surface area (Å²) in [5, 5.41) is 3.02. The Morgan fingerprint density at radius 3 is 1.94 bits per heavy atom. The van der Waals surface area contributed by atoms with Crippen LogP contribution in [-0.4, -0.2) is 29.6 Å². The van der Waals surface area contributed by atoms with Crippen molar-refractivity contribution in [2.75, 3.05) is 6.54 Å².